The predicted molar refractivity (Wildman–Crippen MR) is 83.2 cm³/mol. The summed E-state index contributed by atoms with van der Waals surface area (Å²) in [5.74, 6) is 1.59. The van der Waals surface area contributed by atoms with Crippen molar-refractivity contribution < 1.29 is 9.47 Å². The second kappa shape index (κ2) is 9.19. The quantitative estimate of drug-likeness (QED) is 0.553. The van der Waals surface area contributed by atoms with Gasteiger partial charge in [-0.3, -0.25) is 4.99 Å². The minimum atomic E-state index is -0.154. The smallest absolute Gasteiger partial charge is 0.191 e. The number of rotatable bonds is 7. The Kier molecular flexibility index (Phi) is 7.92. The van der Waals surface area contributed by atoms with Crippen molar-refractivity contribution in [1.29, 1.82) is 0 Å². The van der Waals surface area contributed by atoms with Gasteiger partial charge in [0.2, 0.25) is 0 Å². The van der Waals surface area contributed by atoms with Crippen molar-refractivity contribution in [3.05, 3.63) is 0 Å². The molecule has 1 heterocycles. The summed E-state index contributed by atoms with van der Waals surface area (Å²) in [6, 6.07) is 0. The molecule has 0 aromatic carbocycles. The highest BCUT2D eigenvalue weighted by Crippen LogP contribution is 2.24. The number of nitrogens with one attached hydrogen (secondary N) is 2. The average molecular weight is 285 g/mol. The Labute approximate surface area is 123 Å². The zero-order chi connectivity index (χ0) is 14.8. The van der Waals surface area contributed by atoms with E-state index in [4.69, 9.17) is 14.5 Å². The monoisotopic (exact) mass is 285 g/mol. The van der Waals surface area contributed by atoms with Crippen molar-refractivity contribution >= 4 is 5.96 Å². The molecule has 0 atom stereocenters. The summed E-state index contributed by atoms with van der Waals surface area (Å²) in [6.07, 6.45) is 2.98. The summed E-state index contributed by atoms with van der Waals surface area (Å²) < 4.78 is 11.1. The fourth-order valence-electron chi connectivity index (χ4n) is 2.21. The Morgan fingerprint density at radius 1 is 1.30 bits per heavy atom. The van der Waals surface area contributed by atoms with Gasteiger partial charge in [-0.05, 0) is 19.3 Å². The van der Waals surface area contributed by atoms with Crippen LogP contribution in [0.3, 0.4) is 0 Å². The average Bonchev–Trinajstić information content (AvgIpc) is 2.45. The number of ether oxygens (including phenoxy) is 2. The van der Waals surface area contributed by atoms with Crippen LogP contribution in [0.25, 0.3) is 0 Å². The molecular formula is C15H31N3O2. The summed E-state index contributed by atoms with van der Waals surface area (Å²) in [7, 11) is 1.78. The zero-order valence-corrected chi connectivity index (χ0v) is 13.5. The number of aliphatic imine (C=N–C) groups is 1. The van der Waals surface area contributed by atoms with E-state index < -0.39 is 0 Å². The van der Waals surface area contributed by atoms with Crippen LogP contribution >= 0.6 is 0 Å². The number of guanidine groups is 1. The number of methoxy groups -OCH3 is 1. The SMILES string of the molecule is CCNC(=NCC1(OC)CCOCC1)NCCC(C)C. The van der Waals surface area contributed by atoms with Crippen LogP contribution < -0.4 is 10.6 Å². The molecule has 2 N–H and O–H groups in total. The Balaban J connectivity index is 2.51. The first kappa shape index (κ1) is 17.2. The minimum Gasteiger partial charge on any atom is -0.381 e. The van der Waals surface area contributed by atoms with Crippen LogP contribution in [0.2, 0.25) is 0 Å². The summed E-state index contributed by atoms with van der Waals surface area (Å²) in [5.41, 5.74) is -0.154. The highest BCUT2D eigenvalue weighted by Gasteiger charge is 2.32. The Hall–Kier alpha value is -0.810. The van der Waals surface area contributed by atoms with Gasteiger partial charge in [0.05, 0.1) is 12.1 Å². The van der Waals surface area contributed by atoms with Crippen LogP contribution in [0.15, 0.2) is 4.99 Å². The molecule has 1 aliphatic heterocycles. The van der Waals surface area contributed by atoms with Crippen LogP contribution in [-0.4, -0.2) is 51.5 Å². The van der Waals surface area contributed by atoms with E-state index in [1.807, 2.05) is 0 Å². The number of hydrogen-bond acceptors (Lipinski definition) is 3. The standard InChI is InChI=1S/C15H31N3O2/c1-5-16-14(17-9-6-13(2)3)18-12-15(19-4)7-10-20-11-8-15/h13H,5-12H2,1-4H3,(H2,16,17,18). The van der Waals surface area contributed by atoms with Crippen LogP contribution in [0.4, 0.5) is 0 Å². The van der Waals surface area contributed by atoms with Crippen molar-refractivity contribution in [2.24, 2.45) is 10.9 Å². The van der Waals surface area contributed by atoms with Gasteiger partial charge in [-0.1, -0.05) is 13.8 Å². The summed E-state index contributed by atoms with van der Waals surface area (Å²) in [5, 5.41) is 6.67. The molecule has 0 spiro atoms. The third kappa shape index (κ3) is 6.09. The van der Waals surface area contributed by atoms with Gasteiger partial charge >= 0.3 is 0 Å². The number of nitrogens with zero attached hydrogens (tertiary/aromatic N) is 1. The van der Waals surface area contributed by atoms with E-state index in [1.165, 1.54) is 0 Å². The lowest BCUT2D eigenvalue weighted by molar-refractivity contribution is -0.0828. The largest absolute Gasteiger partial charge is 0.381 e. The second-order valence-corrected chi connectivity index (χ2v) is 5.80. The van der Waals surface area contributed by atoms with Gasteiger partial charge in [-0.25, -0.2) is 0 Å². The van der Waals surface area contributed by atoms with Gasteiger partial charge in [-0.2, -0.15) is 0 Å². The highest BCUT2D eigenvalue weighted by molar-refractivity contribution is 5.79. The van der Waals surface area contributed by atoms with E-state index in [0.29, 0.717) is 12.5 Å². The van der Waals surface area contributed by atoms with E-state index in [1.54, 1.807) is 7.11 Å². The lowest BCUT2D eigenvalue weighted by atomic mass is 9.94. The van der Waals surface area contributed by atoms with E-state index in [9.17, 15) is 0 Å². The topological polar surface area (TPSA) is 54.9 Å². The molecule has 0 aliphatic carbocycles. The second-order valence-electron chi connectivity index (χ2n) is 5.80. The maximum absolute atomic E-state index is 5.71. The maximum atomic E-state index is 5.71. The van der Waals surface area contributed by atoms with Gasteiger partial charge in [0, 0.05) is 46.3 Å². The molecule has 1 rings (SSSR count). The van der Waals surface area contributed by atoms with Crippen molar-refractivity contribution in [1.82, 2.24) is 10.6 Å². The molecule has 0 radical (unpaired) electrons. The molecule has 0 aromatic heterocycles. The first-order valence-corrected chi connectivity index (χ1v) is 7.77. The molecule has 0 amide bonds. The zero-order valence-electron chi connectivity index (χ0n) is 13.5. The molecule has 1 fully saturated rings. The molecule has 0 saturated carbocycles. The maximum Gasteiger partial charge on any atom is 0.191 e. The highest BCUT2D eigenvalue weighted by atomic mass is 16.5. The van der Waals surface area contributed by atoms with Crippen molar-refractivity contribution in [3.8, 4) is 0 Å². The van der Waals surface area contributed by atoms with Crippen LogP contribution in [-0.2, 0) is 9.47 Å². The fourth-order valence-corrected chi connectivity index (χ4v) is 2.21. The van der Waals surface area contributed by atoms with E-state index in [0.717, 1.165) is 51.5 Å². The van der Waals surface area contributed by atoms with Gasteiger partial charge < -0.3 is 20.1 Å². The normalized spacial score (nSPS) is 19.1. The molecule has 5 heteroatoms. The Morgan fingerprint density at radius 3 is 2.55 bits per heavy atom. The fraction of sp³-hybridized carbons (Fsp3) is 0.933. The van der Waals surface area contributed by atoms with Crippen molar-refractivity contribution in [2.45, 2.75) is 45.6 Å². The van der Waals surface area contributed by atoms with Crippen LogP contribution in [0.1, 0.15) is 40.0 Å². The third-order valence-corrected chi connectivity index (χ3v) is 3.72. The molecule has 118 valence electrons. The first-order chi connectivity index (χ1) is 9.62. The van der Waals surface area contributed by atoms with Gasteiger partial charge in [0.15, 0.2) is 5.96 Å². The van der Waals surface area contributed by atoms with Crippen molar-refractivity contribution in [2.75, 3.05) is 40.0 Å². The van der Waals surface area contributed by atoms with Gasteiger partial charge in [0.25, 0.3) is 0 Å². The van der Waals surface area contributed by atoms with E-state index in [2.05, 4.69) is 31.4 Å². The lowest BCUT2D eigenvalue weighted by Crippen LogP contribution is -2.44. The summed E-state index contributed by atoms with van der Waals surface area (Å²) in [6.45, 7) is 10.6. The molecule has 0 bridgehead atoms. The third-order valence-electron chi connectivity index (χ3n) is 3.72. The van der Waals surface area contributed by atoms with E-state index in [-0.39, 0.29) is 5.60 Å². The lowest BCUT2D eigenvalue weighted by Gasteiger charge is -2.34. The molecule has 20 heavy (non-hydrogen) atoms. The summed E-state index contributed by atoms with van der Waals surface area (Å²) in [4.78, 5) is 4.69. The molecule has 0 unspecified atom stereocenters. The minimum absolute atomic E-state index is 0.154. The summed E-state index contributed by atoms with van der Waals surface area (Å²) >= 11 is 0. The van der Waals surface area contributed by atoms with Crippen molar-refractivity contribution in [3.63, 3.8) is 0 Å². The molecule has 1 saturated heterocycles. The van der Waals surface area contributed by atoms with Crippen LogP contribution in [0, 0.1) is 5.92 Å². The Morgan fingerprint density at radius 2 is 2.00 bits per heavy atom. The van der Waals surface area contributed by atoms with Gasteiger partial charge in [-0.15, -0.1) is 0 Å². The predicted octanol–water partition coefficient (Wildman–Crippen LogP) is 1.78. The molecular weight excluding hydrogens is 254 g/mol. The molecule has 5 nitrogen and oxygen atoms in total. The van der Waals surface area contributed by atoms with Gasteiger partial charge in [0.1, 0.15) is 0 Å². The Bertz CT molecular complexity index is 287. The molecule has 1 aliphatic rings. The number of hydrogen-bond donors (Lipinski definition) is 2. The molecule has 0 aromatic rings. The van der Waals surface area contributed by atoms with Crippen LogP contribution in [0.5, 0.6) is 0 Å². The first-order valence-electron chi connectivity index (χ1n) is 7.77. The van der Waals surface area contributed by atoms with E-state index >= 15 is 0 Å².